The Morgan fingerprint density at radius 3 is 2.41 bits per heavy atom. The lowest BCUT2D eigenvalue weighted by Crippen LogP contribution is -2.12. The van der Waals surface area contributed by atoms with E-state index in [-0.39, 0.29) is 18.2 Å². The Balaban J connectivity index is 2.11. The highest BCUT2D eigenvalue weighted by Crippen LogP contribution is 2.25. The van der Waals surface area contributed by atoms with Crippen LogP contribution in [0.3, 0.4) is 0 Å². The van der Waals surface area contributed by atoms with Crippen LogP contribution in [-0.2, 0) is 13.0 Å². The third-order valence-corrected chi connectivity index (χ3v) is 3.35. The molecule has 2 aromatic carbocycles. The van der Waals surface area contributed by atoms with Crippen LogP contribution in [0.15, 0.2) is 48.5 Å². The quantitative estimate of drug-likeness (QED) is 0.855. The van der Waals surface area contributed by atoms with Gasteiger partial charge < -0.3 is 10.4 Å². The van der Waals surface area contributed by atoms with Crippen LogP contribution in [0.4, 0.5) is 18.9 Å². The lowest BCUT2D eigenvalue weighted by molar-refractivity contribution is -0.127. The zero-order chi connectivity index (χ0) is 16.2. The van der Waals surface area contributed by atoms with Crippen molar-refractivity contribution >= 4 is 5.69 Å². The third kappa shape index (κ3) is 4.77. The predicted octanol–water partition coefficient (Wildman–Crippen LogP) is 4.46. The summed E-state index contributed by atoms with van der Waals surface area (Å²) in [6.45, 7) is 1.88. The van der Waals surface area contributed by atoms with E-state index in [1.165, 1.54) is 12.1 Å². The lowest BCUT2D eigenvalue weighted by atomic mass is 10.0. The molecule has 2 rings (SSSR count). The fourth-order valence-electron chi connectivity index (χ4n) is 2.30. The minimum Gasteiger partial charge on any atom is -0.392 e. The van der Waals surface area contributed by atoms with E-state index in [4.69, 9.17) is 5.11 Å². The van der Waals surface area contributed by atoms with Crippen molar-refractivity contribution in [3.8, 4) is 0 Å². The van der Waals surface area contributed by atoms with Crippen molar-refractivity contribution in [1.29, 1.82) is 0 Å². The monoisotopic (exact) mass is 309 g/mol. The second kappa shape index (κ2) is 6.83. The maximum atomic E-state index is 12.4. The summed E-state index contributed by atoms with van der Waals surface area (Å²) in [6, 6.07) is 13.7. The molecule has 1 unspecified atom stereocenters. The number of aliphatic hydroxyl groups excluding tert-OH is 1. The van der Waals surface area contributed by atoms with Gasteiger partial charge in [-0.15, -0.1) is 0 Å². The highest BCUT2D eigenvalue weighted by molar-refractivity contribution is 5.48. The number of hydrogen-bond acceptors (Lipinski definition) is 2. The molecule has 0 aliphatic heterocycles. The van der Waals surface area contributed by atoms with E-state index in [2.05, 4.69) is 5.32 Å². The number of rotatable bonds is 5. The maximum absolute atomic E-state index is 12.4. The number of hydrogen-bond donors (Lipinski definition) is 2. The topological polar surface area (TPSA) is 32.3 Å². The molecule has 0 radical (unpaired) electrons. The van der Waals surface area contributed by atoms with E-state index in [1.807, 2.05) is 31.2 Å². The summed E-state index contributed by atoms with van der Waals surface area (Å²) in [6.07, 6.45) is -5.14. The first kappa shape index (κ1) is 16.4. The van der Waals surface area contributed by atoms with Gasteiger partial charge in [0.2, 0.25) is 0 Å². The minimum absolute atomic E-state index is 0.0401. The van der Waals surface area contributed by atoms with Crippen LogP contribution in [0.5, 0.6) is 0 Å². The Hall–Kier alpha value is -2.01. The summed E-state index contributed by atoms with van der Waals surface area (Å²) in [7, 11) is 0. The Morgan fingerprint density at radius 2 is 1.73 bits per heavy atom. The highest BCUT2D eigenvalue weighted by atomic mass is 19.4. The van der Waals surface area contributed by atoms with E-state index in [0.29, 0.717) is 5.69 Å². The Labute approximate surface area is 127 Å². The van der Waals surface area contributed by atoms with Gasteiger partial charge >= 0.3 is 6.18 Å². The fraction of sp³-hybridized carbons (Fsp3) is 0.294. The molecule has 0 saturated heterocycles. The van der Waals surface area contributed by atoms with Gasteiger partial charge in [-0.25, -0.2) is 0 Å². The molecular formula is C17H18F3NO. The van der Waals surface area contributed by atoms with Crippen LogP contribution in [0.25, 0.3) is 0 Å². The van der Waals surface area contributed by atoms with E-state index < -0.39 is 12.6 Å². The Bertz CT molecular complexity index is 625. The normalized spacial score (nSPS) is 13.0. The van der Waals surface area contributed by atoms with E-state index in [9.17, 15) is 13.2 Å². The molecule has 0 amide bonds. The number of benzene rings is 2. The molecule has 0 heterocycles. The van der Waals surface area contributed by atoms with Crippen LogP contribution in [0.2, 0.25) is 0 Å². The van der Waals surface area contributed by atoms with Gasteiger partial charge in [-0.3, -0.25) is 0 Å². The van der Waals surface area contributed by atoms with Gasteiger partial charge in [0, 0.05) is 11.7 Å². The molecule has 0 aliphatic rings. The van der Waals surface area contributed by atoms with Crippen LogP contribution in [-0.4, -0.2) is 11.3 Å². The molecule has 5 heteroatoms. The zero-order valence-electron chi connectivity index (χ0n) is 12.2. The molecule has 0 spiro atoms. The van der Waals surface area contributed by atoms with Crippen molar-refractivity contribution in [3.05, 3.63) is 65.2 Å². The molecule has 2 aromatic rings. The van der Waals surface area contributed by atoms with Gasteiger partial charge in [0.05, 0.1) is 13.0 Å². The first-order valence-electron chi connectivity index (χ1n) is 6.99. The largest absolute Gasteiger partial charge is 0.393 e. The van der Waals surface area contributed by atoms with Crippen molar-refractivity contribution in [1.82, 2.24) is 0 Å². The van der Waals surface area contributed by atoms with Crippen molar-refractivity contribution < 1.29 is 18.3 Å². The van der Waals surface area contributed by atoms with Crippen LogP contribution in [0.1, 0.15) is 29.7 Å². The summed E-state index contributed by atoms with van der Waals surface area (Å²) in [5, 5.41) is 12.3. The van der Waals surface area contributed by atoms with E-state index in [1.54, 1.807) is 12.1 Å². The van der Waals surface area contributed by atoms with Gasteiger partial charge in [-0.1, -0.05) is 36.4 Å². The third-order valence-electron chi connectivity index (χ3n) is 3.35. The number of halogens is 3. The summed E-state index contributed by atoms with van der Waals surface area (Å²) >= 11 is 0. The summed E-state index contributed by atoms with van der Waals surface area (Å²) in [5.41, 5.74) is 2.64. The summed E-state index contributed by atoms with van der Waals surface area (Å²) in [5.74, 6) is 0. The van der Waals surface area contributed by atoms with Crippen molar-refractivity contribution in [2.45, 2.75) is 32.2 Å². The van der Waals surface area contributed by atoms with Gasteiger partial charge in [-0.2, -0.15) is 13.2 Å². The average Bonchev–Trinajstić information content (AvgIpc) is 2.46. The standard InChI is InChI=1S/C17H18F3NO/c1-12(15-6-2-5-14(8-15)11-22)21-16-7-3-4-13(9-16)10-17(18,19)20/h2-9,12,21-22H,10-11H2,1H3. The van der Waals surface area contributed by atoms with Crippen LogP contribution in [0, 0.1) is 0 Å². The van der Waals surface area contributed by atoms with Crippen molar-refractivity contribution in [3.63, 3.8) is 0 Å². The summed E-state index contributed by atoms with van der Waals surface area (Å²) < 4.78 is 37.3. The van der Waals surface area contributed by atoms with E-state index >= 15 is 0 Å². The molecule has 0 bridgehead atoms. The average molecular weight is 309 g/mol. The lowest BCUT2D eigenvalue weighted by Gasteiger charge is -2.17. The molecule has 0 saturated carbocycles. The number of anilines is 1. The second-order valence-electron chi connectivity index (χ2n) is 5.26. The number of aliphatic hydroxyl groups is 1. The second-order valence-corrected chi connectivity index (χ2v) is 5.26. The van der Waals surface area contributed by atoms with Crippen LogP contribution >= 0.6 is 0 Å². The molecule has 0 aromatic heterocycles. The molecule has 118 valence electrons. The molecule has 0 fully saturated rings. The van der Waals surface area contributed by atoms with Crippen molar-refractivity contribution in [2.75, 3.05) is 5.32 Å². The fourth-order valence-corrected chi connectivity index (χ4v) is 2.30. The van der Waals surface area contributed by atoms with Gasteiger partial charge in [0.1, 0.15) is 0 Å². The first-order valence-corrected chi connectivity index (χ1v) is 6.99. The molecule has 22 heavy (non-hydrogen) atoms. The van der Waals surface area contributed by atoms with Gasteiger partial charge in [0.25, 0.3) is 0 Å². The molecule has 2 N–H and O–H groups in total. The maximum Gasteiger partial charge on any atom is 0.393 e. The van der Waals surface area contributed by atoms with E-state index in [0.717, 1.165) is 11.1 Å². The highest BCUT2D eigenvalue weighted by Gasteiger charge is 2.27. The molecule has 2 nitrogen and oxygen atoms in total. The number of nitrogens with one attached hydrogen (secondary N) is 1. The first-order chi connectivity index (χ1) is 10.4. The van der Waals surface area contributed by atoms with Gasteiger partial charge in [-0.05, 0) is 35.7 Å². The Morgan fingerprint density at radius 1 is 1.05 bits per heavy atom. The van der Waals surface area contributed by atoms with Gasteiger partial charge in [0.15, 0.2) is 0 Å². The minimum atomic E-state index is -4.21. The van der Waals surface area contributed by atoms with Crippen molar-refractivity contribution in [2.24, 2.45) is 0 Å². The molecule has 1 atom stereocenters. The SMILES string of the molecule is CC(Nc1cccc(CC(F)(F)F)c1)c1cccc(CO)c1. The molecular weight excluding hydrogens is 291 g/mol. The molecule has 0 aliphatic carbocycles. The zero-order valence-corrected chi connectivity index (χ0v) is 12.2. The number of alkyl halides is 3. The smallest absolute Gasteiger partial charge is 0.392 e. The Kier molecular flexibility index (Phi) is 5.08. The van der Waals surface area contributed by atoms with Crippen LogP contribution < -0.4 is 5.32 Å². The summed E-state index contributed by atoms with van der Waals surface area (Å²) in [4.78, 5) is 0. The predicted molar refractivity (Wildman–Crippen MR) is 80.6 cm³/mol.